The molecule has 2 atom stereocenters. The molecular weight excluding hydrogens is 536 g/mol. The zero-order valence-corrected chi connectivity index (χ0v) is 23.5. The second kappa shape index (κ2) is 14.4. The molecule has 40 heavy (non-hydrogen) atoms. The lowest BCUT2D eigenvalue weighted by atomic mass is 9.98. The second-order valence-electron chi connectivity index (χ2n) is 9.10. The molecule has 3 fully saturated rings. The fourth-order valence-electron chi connectivity index (χ4n) is 4.01. The first-order valence-electron chi connectivity index (χ1n) is 13.4. The van der Waals surface area contributed by atoms with Crippen molar-refractivity contribution in [2.24, 2.45) is 11.8 Å². The smallest absolute Gasteiger partial charge is 0.280 e. The molecule has 1 amide bonds. The highest BCUT2D eigenvalue weighted by Crippen LogP contribution is 2.35. The molecule has 3 aliphatic rings. The van der Waals surface area contributed by atoms with Crippen LogP contribution in [0.15, 0.2) is 24.5 Å². The Morgan fingerprint density at radius 1 is 1.05 bits per heavy atom. The molecule has 2 unspecified atom stereocenters. The minimum Gasteiger partial charge on any atom is -0.494 e. The van der Waals surface area contributed by atoms with E-state index in [1.165, 1.54) is 37.3 Å². The normalized spacial score (nSPS) is 20.4. The molecule has 0 spiro atoms. The number of nitrogens with zero attached hydrogens (tertiary/aromatic N) is 2. The van der Waals surface area contributed by atoms with Gasteiger partial charge in [-0.25, -0.2) is 24.6 Å². The monoisotopic (exact) mass is 569 g/mol. The van der Waals surface area contributed by atoms with Crippen LogP contribution in [0.4, 0.5) is 8.78 Å². The third-order valence-electron chi connectivity index (χ3n) is 6.27. The Morgan fingerprint density at radius 3 is 2.50 bits per heavy atom. The van der Waals surface area contributed by atoms with Crippen molar-refractivity contribution in [1.82, 2.24) is 26.1 Å². The zero-order chi connectivity index (χ0) is 28.5. The average Bonchev–Trinajstić information content (AvgIpc) is 3.73. The number of hydrogen-bond donors (Lipinski definition) is 3. The Morgan fingerprint density at radius 2 is 1.80 bits per heavy atom. The van der Waals surface area contributed by atoms with Crippen LogP contribution in [-0.4, -0.2) is 47.1 Å². The van der Waals surface area contributed by atoms with Gasteiger partial charge in [0.05, 0.1) is 18.9 Å². The number of halogens is 2. The number of methoxy groups -OCH3 is 1. The van der Waals surface area contributed by atoms with Gasteiger partial charge in [0.2, 0.25) is 0 Å². The minimum atomic E-state index is -2.79. The second-order valence-corrected chi connectivity index (χ2v) is 10.3. The molecule has 3 N–H and O–H groups in total. The van der Waals surface area contributed by atoms with Crippen molar-refractivity contribution in [3.05, 3.63) is 41.5 Å². The van der Waals surface area contributed by atoms with Crippen LogP contribution >= 0.6 is 11.8 Å². The topological polar surface area (TPSA) is 97.4 Å². The number of thioether (sulfide) groups is 1. The SMILES string of the molecule is CC.COc1cnc(C(F)F)cc1-c1cc(C#CC2CCOCC2)ncc1C(=O)NC1NNC(C#CC2CC2)S1. The summed E-state index contributed by atoms with van der Waals surface area (Å²) < 4.78 is 37.9. The largest absolute Gasteiger partial charge is 0.494 e. The molecule has 11 heteroatoms. The number of hydrogen-bond acceptors (Lipinski definition) is 8. The van der Waals surface area contributed by atoms with Gasteiger partial charge in [0.25, 0.3) is 12.3 Å². The van der Waals surface area contributed by atoms with E-state index in [1.807, 2.05) is 13.8 Å². The summed E-state index contributed by atoms with van der Waals surface area (Å²) >= 11 is 1.43. The van der Waals surface area contributed by atoms with Crippen LogP contribution in [0.2, 0.25) is 0 Å². The van der Waals surface area contributed by atoms with E-state index in [1.54, 1.807) is 6.07 Å². The summed E-state index contributed by atoms with van der Waals surface area (Å²) in [6.45, 7) is 5.33. The molecule has 5 rings (SSSR count). The standard InChI is InChI=1S/C27H27F2N5O3S.C2H6/c1-36-23-15-31-22(25(28)29)13-20(23)19-12-18(6-4-17-8-10-37-11-9-17)30-14-21(19)26(35)32-27-34-33-24(38-27)7-5-16-2-3-16;1-2/h12-17,24-25,27,33-34H,2-3,8-11H2,1H3,(H,32,35);1-2H3. The number of ether oxygens (including phenoxy) is 2. The van der Waals surface area contributed by atoms with Gasteiger partial charge in [-0.3, -0.25) is 9.78 Å². The fraction of sp³-hybridized carbons (Fsp3) is 0.483. The third kappa shape index (κ3) is 7.92. The summed E-state index contributed by atoms with van der Waals surface area (Å²) in [5, 5.41) is 2.75. The molecule has 4 heterocycles. The summed E-state index contributed by atoms with van der Waals surface area (Å²) in [7, 11) is 1.42. The van der Waals surface area contributed by atoms with Gasteiger partial charge in [-0.15, -0.1) is 0 Å². The Bertz CT molecular complexity index is 1310. The first-order chi connectivity index (χ1) is 19.5. The van der Waals surface area contributed by atoms with E-state index in [4.69, 9.17) is 9.47 Å². The maximum Gasteiger partial charge on any atom is 0.280 e. The van der Waals surface area contributed by atoms with Crippen LogP contribution < -0.4 is 20.9 Å². The molecule has 1 saturated carbocycles. The van der Waals surface area contributed by atoms with Crippen molar-refractivity contribution >= 4 is 17.7 Å². The summed E-state index contributed by atoms with van der Waals surface area (Å²) in [6.07, 6.45) is 3.80. The molecule has 0 radical (unpaired) electrons. The van der Waals surface area contributed by atoms with Crippen molar-refractivity contribution in [3.63, 3.8) is 0 Å². The minimum absolute atomic E-state index is 0.157. The van der Waals surface area contributed by atoms with Gasteiger partial charge < -0.3 is 14.8 Å². The number of hydrazine groups is 1. The third-order valence-corrected chi connectivity index (χ3v) is 7.29. The lowest BCUT2D eigenvalue weighted by Crippen LogP contribution is -2.43. The highest BCUT2D eigenvalue weighted by Gasteiger charge is 2.27. The number of carbonyl (C=O) groups is 1. The molecular formula is C29H33F2N5O3S. The number of carbonyl (C=O) groups excluding carboxylic acids is 1. The first kappa shape index (κ1) is 29.8. The molecule has 2 saturated heterocycles. The molecule has 212 valence electrons. The van der Waals surface area contributed by atoms with E-state index in [-0.39, 0.29) is 22.6 Å². The number of rotatable bonds is 5. The van der Waals surface area contributed by atoms with Crippen molar-refractivity contribution in [3.8, 4) is 40.6 Å². The van der Waals surface area contributed by atoms with Gasteiger partial charge in [-0.05, 0) is 43.7 Å². The van der Waals surface area contributed by atoms with E-state index >= 15 is 0 Å². The van der Waals surface area contributed by atoms with Gasteiger partial charge in [-0.2, -0.15) is 0 Å². The predicted molar refractivity (Wildman–Crippen MR) is 150 cm³/mol. The van der Waals surface area contributed by atoms with Gasteiger partial charge in [0.15, 0.2) is 0 Å². The molecule has 1 aliphatic carbocycles. The van der Waals surface area contributed by atoms with E-state index in [9.17, 15) is 13.6 Å². The van der Waals surface area contributed by atoms with E-state index in [0.29, 0.717) is 36.0 Å². The van der Waals surface area contributed by atoms with Crippen LogP contribution in [0.5, 0.6) is 5.75 Å². The van der Waals surface area contributed by atoms with E-state index < -0.39 is 23.5 Å². The van der Waals surface area contributed by atoms with Gasteiger partial charge >= 0.3 is 0 Å². The lowest BCUT2D eigenvalue weighted by molar-refractivity contribution is 0.0807. The molecule has 8 nitrogen and oxygen atoms in total. The van der Waals surface area contributed by atoms with Crippen molar-refractivity contribution in [2.45, 2.75) is 56.8 Å². The van der Waals surface area contributed by atoms with Crippen LogP contribution in [0.1, 0.15) is 67.7 Å². The van der Waals surface area contributed by atoms with Crippen LogP contribution in [0.25, 0.3) is 11.1 Å². The van der Waals surface area contributed by atoms with Gasteiger partial charge in [-0.1, -0.05) is 43.4 Å². The molecule has 2 aromatic heterocycles. The van der Waals surface area contributed by atoms with E-state index in [2.05, 4.69) is 49.8 Å². The van der Waals surface area contributed by atoms with E-state index in [0.717, 1.165) is 25.7 Å². The number of nitrogens with one attached hydrogen (secondary N) is 3. The summed E-state index contributed by atoms with van der Waals surface area (Å²) in [4.78, 5) is 21.6. The fourth-order valence-corrected chi connectivity index (χ4v) is 4.87. The Labute approximate surface area is 237 Å². The lowest BCUT2D eigenvalue weighted by Gasteiger charge is -2.17. The van der Waals surface area contributed by atoms with Crippen LogP contribution in [0.3, 0.4) is 0 Å². The number of amides is 1. The number of pyridine rings is 2. The quantitative estimate of drug-likeness (QED) is 0.454. The molecule has 2 aromatic rings. The maximum absolute atomic E-state index is 13.5. The summed E-state index contributed by atoms with van der Waals surface area (Å²) in [5.41, 5.74) is 6.50. The van der Waals surface area contributed by atoms with Gasteiger partial charge in [0, 0.05) is 42.4 Å². The molecule has 0 aromatic carbocycles. The predicted octanol–water partition coefficient (Wildman–Crippen LogP) is 4.49. The summed E-state index contributed by atoms with van der Waals surface area (Å²) in [5.74, 6) is 13.1. The van der Waals surface area contributed by atoms with Crippen LogP contribution in [0, 0.1) is 35.5 Å². The highest BCUT2D eigenvalue weighted by atomic mass is 32.2. The average molecular weight is 570 g/mol. The van der Waals surface area contributed by atoms with Gasteiger partial charge in [0.1, 0.15) is 28.0 Å². The molecule has 2 aliphatic heterocycles. The number of aromatic nitrogens is 2. The Balaban J connectivity index is 0.00000181. The number of alkyl halides is 2. The van der Waals surface area contributed by atoms with Crippen molar-refractivity contribution in [1.29, 1.82) is 0 Å². The summed E-state index contributed by atoms with van der Waals surface area (Å²) in [6, 6.07) is 2.87. The van der Waals surface area contributed by atoms with Crippen molar-refractivity contribution < 1.29 is 23.0 Å². The Hall–Kier alpha value is -3.22. The Kier molecular flexibility index (Phi) is 10.7. The highest BCUT2D eigenvalue weighted by molar-refractivity contribution is 8.00. The first-order valence-corrected chi connectivity index (χ1v) is 14.3. The zero-order valence-electron chi connectivity index (χ0n) is 22.7. The molecule has 0 bridgehead atoms. The van der Waals surface area contributed by atoms with Crippen molar-refractivity contribution in [2.75, 3.05) is 20.3 Å². The maximum atomic E-state index is 13.5. The van der Waals surface area contributed by atoms with Crippen LogP contribution in [-0.2, 0) is 4.74 Å².